The minimum absolute atomic E-state index is 0.238. The molecule has 0 aliphatic heterocycles. The molecule has 0 aliphatic carbocycles. The normalized spacial score (nSPS) is 9.77. The third-order valence-corrected chi connectivity index (χ3v) is 2.26. The largest absolute Gasteiger partial charge is 0.469 e. The summed E-state index contributed by atoms with van der Waals surface area (Å²) >= 11 is 5.92. The highest BCUT2D eigenvalue weighted by Gasteiger charge is 2.08. The minimum Gasteiger partial charge on any atom is -0.469 e. The third-order valence-electron chi connectivity index (χ3n) is 1.90. The van der Waals surface area contributed by atoms with Gasteiger partial charge in [-0.2, -0.15) is 0 Å². The van der Waals surface area contributed by atoms with Gasteiger partial charge in [0.05, 0.1) is 13.5 Å². The number of hydrogen-bond acceptors (Lipinski definition) is 2. The zero-order valence-electron chi connectivity index (χ0n) is 7.63. The smallest absolute Gasteiger partial charge is 0.310 e. The number of carbonyl (C=O) groups excluding carboxylic acids is 1. The summed E-state index contributed by atoms with van der Waals surface area (Å²) in [4.78, 5) is 11.0. The summed E-state index contributed by atoms with van der Waals surface area (Å²) in [7, 11) is 1.37. The molecule has 3 heteroatoms. The number of benzene rings is 1. The highest BCUT2D eigenvalue weighted by Crippen LogP contribution is 2.19. The summed E-state index contributed by atoms with van der Waals surface area (Å²) in [6.07, 6.45) is 0.238. The Morgan fingerprint density at radius 1 is 1.54 bits per heavy atom. The molecule has 0 atom stereocenters. The summed E-state index contributed by atoms with van der Waals surface area (Å²) in [5, 5.41) is 0.616. The molecule has 0 radical (unpaired) electrons. The standard InChI is InChI=1S/C10H11ClO2/c1-7-4-3-5-9(11)8(7)6-10(12)13-2/h3-5H,6H2,1-2H3. The van der Waals surface area contributed by atoms with E-state index in [0.29, 0.717) is 5.02 Å². The molecule has 0 bridgehead atoms. The van der Waals surface area contributed by atoms with Gasteiger partial charge in [0.2, 0.25) is 0 Å². The van der Waals surface area contributed by atoms with Crippen LogP contribution < -0.4 is 0 Å². The van der Waals surface area contributed by atoms with E-state index in [1.54, 1.807) is 6.07 Å². The van der Waals surface area contributed by atoms with E-state index in [4.69, 9.17) is 11.6 Å². The number of ether oxygens (including phenoxy) is 1. The van der Waals surface area contributed by atoms with Gasteiger partial charge < -0.3 is 4.74 Å². The van der Waals surface area contributed by atoms with E-state index in [-0.39, 0.29) is 12.4 Å². The Hall–Kier alpha value is -1.02. The molecule has 0 aromatic heterocycles. The van der Waals surface area contributed by atoms with Crippen LogP contribution in [0, 0.1) is 6.92 Å². The second-order valence-electron chi connectivity index (χ2n) is 2.79. The lowest BCUT2D eigenvalue weighted by molar-refractivity contribution is -0.139. The number of halogens is 1. The Morgan fingerprint density at radius 2 is 2.23 bits per heavy atom. The molecule has 0 fully saturated rings. The van der Waals surface area contributed by atoms with Crippen molar-refractivity contribution in [1.29, 1.82) is 0 Å². The number of hydrogen-bond donors (Lipinski definition) is 0. The maximum absolute atomic E-state index is 11.0. The molecule has 1 aromatic carbocycles. The van der Waals surface area contributed by atoms with Gasteiger partial charge in [-0.05, 0) is 24.1 Å². The van der Waals surface area contributed by atoms with Gasteiger partial charge in [0.25, 0.3) is 0 Å². The molecule has 0 heterocycles. The van der Waals surface area contributed by atoms with Crippen LogP contribution in [0.5, 0.6) is 0 Å². The Kier molecular flexibility index (Phi) is 3.32. The Bertz CT molecular complexity index is 300. The monoisotopic (exact) mass is 198 g/mol. The molecule has 0 amide bonds. The number of rotatable bonds is 2. The molecule has 1 rings (SSSR count). The van der Waals surface area contributed by atoms with Crippen LogP contribution in [0.15, 0.2) is 18.2 Å². The lowest BCUT2D eigenvalue weighted by Crippen LogP contribution is -2.06. The van der Waals surface area contributed by atoms with E-state index in [9.17, 15) is 4.79 Å². The molecule has 1 aromatic rings. The summed E-state index contributed by atoms with van der Waals surface area (Å²) in [6.45, 7) is 1.92. The van der Waals surface area contributed by atoms with Crippen molar-refractivity contribution in [2.75, 3.05) is 7.11 Å². The van der Waals surface area contributed by atoms with Crippen molar-refractivity contribution in [3.8, 4) is 0 Å². The summed E-state index contributed by atoms with van der Waals surface area (Å²) < 4.78 is 4.57. The van der Waals surface area contributed by atoms with Crippen molar-refractivity contribution in [3.05, 3.63) is 34.3 Å². The SMILES string of the molecule is COC(=O)Cc1c(C)cccc1Cl. The first-order valence-corrected chi connectivity index (χ1v) is 4.33. The van der Waals surface area contributed by atoms with Gasteiger partial charge >= 0.3 is 5.97 Å². The van der Waals surface area contributed by atoms with Crippen LogP contribution in [-0.2, 0) is 16.0 Å². The number of methoxy groups -OCH3 is 1. The zero-order chi connectivity index (χ0) is 9.84. The molecule has 0 unspecified atom stereocenters. The van der Waals surface area contributed by atoms with Crippen LogP contribution in [-0.4, -0.2) is 13.1 Å². The number of esters is 1. The average molecular weight is 199 g/mol. The van der Waals surface area contributed by atoms with Crippen molar-refractivity contribution in [3.63, 3.8) is 0 Å². The average Bonchev–Trinajstić information content (AvgIpc) is 2.11. The van der Waals surface area contributed by atoms with Crippen LogP contribution >= 0.6 is 11.6 Å². The fourth-order valence-corrected chi connectivity index (χ4v) is 1.40. The van der Waals surface area contributed by atoms with E-state index in [2.05, 4.69) is 4.74 Å². The van der Waals surface area contributed by atoms with Gasteiger partial charge in [0.15, 0.2) is 0 Å². The molecule has 0 aliphatic rings. The first-order chi connectivity index (χ1) is 6.15. The van der Waals surface area contributed by atoms with E-state index < -0.39 is 0 Å². The summed E-state index contributed by atoms with van der Waals surface area (Å²) in [5.41, 5.74) is 1.86. The second-order valence-corrected chi connectivity index (χ2v) is 3.20. The van der Waals surface area contributed by atoms with Gasteiger partial charge in [-0.15, -0.1) is 0 Å². The van der Waals surface area contributed by atoms with E-state index in [1.165, 1.54) is 7.11 Å². The molecular formula is C10H11ClO2. The van der Waals surface area contributed by atoms with Gasteiger partial charge in [0, 0.05) is 5.02 Å². The van der Waals surface area contributed by atoms with Crippen LogP contribution in [0.25, 0.3) is 0 Å². The molecule has 0 saturated heterocycles. The second kappa shape index (κ2) is 4.28. The van der Waals surface area contributed by atoms with Gasteiger partial charge in [-0.3, -0.25) is 4.79 Å². The van der Waals surface area contributed by atoms with Crippen molar-refractivity contribution in [2.45, 2.75) is 13.3 Å². The lowest BCUT2D eigenvalue weighted by atomic mass is 10.1. The molecule has 70 valence electrons. The summed E-state index contributed by atoms with van der Waals surface area (Å²) in [6, 6.07) is 5.55. The fraction of sp³-hybridized carbons (Fsp3) is 0.300. The van der Waals surface area contributed by atoms with Crippen LogP contribution in [0.1, 0.15) is 11.1 Å². The van der Waals surface area contributed by atoms with Crippen molar-refractivity contribution in [1.82, 2.24) is 0 Å². The quantitative estimate of drug-likeness (QED) is 0.682. The Morgan fingerprint density at radius 3 is 2.77 bits per heavy atom. The molecule has 13 heavy (non-hydrogen) atoms. The zero-order valence-corrected chi connectivity index (χ0v) is 8.39. The van der Waals surface area contributed by atoms with E-state index >= 15 is 0 Å². The number of carbonyl (C=O) groups is 1. The van der Waals surface area contributed by atoms with E-state index in [0.717, 1.165) is 11.1 Å². The Labute approximate surface area is 82.5 Å². The van der Waals surface area contributed by atoms with Crippen molar-refractivity contribution in [2.24, 2.45) is 0 Å². The van der Waals surface area contributed by atoms with Gasteiger partial charge in [-0.1, -0.05) is 23.7 Å². The fourth-order valence-electron chi connectivity index (χ4n) is 1.11. The Balaban J connectivity index is 2.93. The molecule has 2 nitrogen and oxygen atoms in total. The highest BCUT2D eigenvalue weighted by molar-refractivity contribution is 6.31. The maximum Gasteiger partial charge on any atom is 0.310 e. The molecule has 0 N–H and O–H groups in total. The van der Waals surface area contributed by atoms with Crippen molar-refractivity contribution < 1.29 is 9.53 Å². The van der Waals surface area contributed by atoms with Crippen LogP contribution in [0.2, 0.25) is 5.02 Å². The predicted octanol–water partition coefficient (Wildman–Crippen LogP) is 2.36. The van der Waals surface area contributed by atoms with Gasteiger partial charge in [0.1, 0.15) is 0 Å². The number of aryl methyl sites for hydroxylation is 1. The van der Waals surface area contributed by atoms with E-state index in [1.807, 2.05) is 19.1 Å². The topological polar surface area (TPSA) is 26.3 Å². The first kappa shape index (κ1) is 10.1. The molecule has 0 spiro atoms. The van der Waals surface area contributed by atoms with Crippen LogP contribution in [0.4, 0.5) is 0 Å². The van der Waals surface area contributed by atoms with Gasteiger partial charge in [-0.25, -0.2) is 0 Å². The first-order valence-electron chi connectivity index (χ1n) is 3.96. The highest BCUT2D eigenvalue weighted by atomic mass is 35.5. The lowest BCUT2D eigenvalue weighted by Gasteiger charge is -2.05. The van der Waals surface area contributed by atoms with Crippen molar-refractivity contribution >= 4 is 17.6 Å². The predicted molar refractivity (Wildman–Crippen MR) is 51.9 cm³/mol. The minimum atomic E-state index is -0.267. The molecular weight excluding hydrogens is 188 g/mol. The maximum atomic E-state index is 11.0. The third kappa shape index (κ3) is 2.46. The molecule has 0 saturated carbocycles. The van der Waals surface area contributed by atoms with Crippen LogP contribution in [0.3, 0.4) is 0 Å². The summed E-state index contributed by atoms with van der Waals surface area (Å²) in [5.74, 6) is -0.267.